The minimum atomic E-state index is 0.438. The monoisotopic (exact) mass is 243 g/mol. The van der Waals surface area contributed by atoms with Crippen LogP contribution in [0.2, 0.25) is 0 Å². The fraction of sp³-hybridized carbons (Fsp3) is 0.231. The summed E-state index contributed by atoms with van der Waals surface area (Å²) in [7, 11) is 4.03. The summed E-state index contributed by atoms with van der Waals surface area (Å²) in [5.41, 5.74) is 2.27. The Labute approximate surface area is 105 Å². The van der Waals surface area contributed by atoms with Crippen molar-refractivity contribution in [3.8, 4) is 16.6 Å². The van der Waals surface area contributed by atoms with Crippen molar-refractivity contribution in [1.82, 2.24) is 4.98 Å². The zero-order valence-electron chi connectivity index (χ0n) is 9.84. The highest BCUT2D eigenvalue weighted by Gasteiger charge is 2.04. The van der Waals surface area contributed by atoms with Crippen LogP contribution in [-0.2, 0) is 6.42 Å². The minimum absolute atomic E-state index is 0.438. The zero-order valence-corrected chi connectivity index (χ0v) is 10.7. The third-order valence-corrected chi connectivity index (χ3v) is 3.48. The topological polar surface area (TPSA) is 39.9 Å². The summed E-state index contributed by atoms with van der Waals surface area (Å²) < 4.78 is 0. The number of hydrogen-bond donors (Lipinski definition) is 0. The van der Waals surface area contributed by atoms with Gasteiger partial charge in [0.05, 0.1) is 12.5 Å². The summed E-state index contributed by atoms with van der Waals surface area (Å²) in [6, 6.07) is 10.4. The van der Waals surface area contributed by atoms with Gasteiger partial charge >= 0.3 is 0 Å². The molecule has 1 aromatic carbocycles. The molecule has 0 saturated carbocycles. The molecule has 0 fully saturated rings. The van der Waals surface area contributed by atoms with Crippen molar-refractivity contribution >= 4 is 17.0 Å². The first-order chi connectivity index (χ1) is 8.20. The summed E-state index contributed by atoms with van der Waals surface area (Å²) in [5, 5.41) is 9.59. The van der Waals surface area contributed by atoms with Crippen molar-refractivity contribution in [2.75, 3.05) is 19.0 Å². The van der Waals surface area contributed by atoms with Crippen LogP contribution in [0.25, 0.3) is 10.6 Å². The van der Waals surface area contributed by atoms with Gasteiger partial charge in [-0.05, 0) is 24.3 Å². The van der Waals surface area contributed by atoms with Gasteiger partial charge in [-0.15, -0.1) is 11.3 Å². The van der Waals surface area contributed by atoms with E-state index in [-0.39, 0.29) is 0 Å². The largest absolute Gasteiger partial charge is 0.378 e. The molecule has 17 heavy (non-hydrogen) atoms. The molecule has 2 rings (SSSR count). The van der Waals surface area contributed by atoms with Crippen LogP contribution in [0.3, 0.4) is 0 Å². The molecule has 0 aliphatic heterocycles. The molecule has 0 amide bonds. The normalized spacial score (nSPS) is 9.94. The van der Waals surface area contributed by atoms with E-state index in [0.717, 1.165) is 15.4 Å². The van der Waals surface area contributed by atoms with Crippen molar-refractivity contribution < 1.29 is 0 Å². The molecule has 0 saturated heterocycles. The highest BCUT2D eigenvalue weighted by atomic mass is 32.1. The van der Waals surface area contributed by atoms with E-state index in [4.69, 9.17) is 5.26 Å². The van der Waals surface area contributed by atoms with Crippen LogP contribution in [0.5, 0.6) is 0 Å². The van der Waals surface area contributed by atoms with Gasteiger partial charge < -0.3 is 4.90 Å². The Bertz CT molecular complexity index is 535. The highest BCUT2D eigenvalue weighted by molar-refractivity contribution is 7.15. The third kappa shape index (κ3) is 2.63. The van der Waals surface area contributed by atoms with Crippen LogP contribution in [0.1, 0.15) is 4.88 Å². The number of anilines is 1. The lowest BCUT2D eigenvalue weighted by Crippen LogP contribution is -2.07. The lowest BCUT2D eigenvalue weighted by Gasteiger charge is -2.11. The van der Waals surface area contributed by atoms with Crippen LogP contribution in [0.4, 0.5) is 5.69 Å². The van der Waals surface area contributed by atoms with Crippen molar-refractivity contribution in [2.45, 2.75) is 6.42 Å². The van der Waals surface area contributed by atoms with Gasteiger partial charge in [-0.1, -0.05) is 0 Å². The maximum Gasteiger partial charge on any atom is 0.123 e. The average Bonchev–Trinajstić information content (AvgIpc) is 2.78. The third-order valence-electron chi connectivity index (χ3n) is 2.44. The molecule has 1 heterocycles. The molecule has 2 aromatic rings. The number of aromatic nitrogens is 1. The molecule has 4 heteroatoms. The van der Waals surface area contributed by atoms with Crippen LogP contribution >= 0.6 is 11.3 Å². The van der Waals surface area contributed by atoms with Crippen LogP contribution in [-0.4, -0.2) is 19.1 Å². The van der Waals surface area contributed by atoms with Gasteiger partial charge in [-0.3, -0.25) is 0 Å². The van der Waals surface area contributed by atoms with Crippen molar-refractivity contribution in [1.29, 1.82) is 5.26 Å². The average molecular weight is 243 g/mol. The quantitative estimate of drug-likeness (QED) is 0.832. The van der Waals surface area contributed by atoms with Gasteiger partial charge in [0.25, 0.3) is 0 Å². The second kappa shape index (κ2) is 4.98. The summed E-state index contributed by atoms with van der Waals surface area (Å²) in [4.78, 5) is 7.41. The first kappa shape index (κ1) is 11.6. The minimum Gasteiger partial charge on any atom is -0.378 e. The molecule has 0 aliphatic rings. The summed E-state index contributed by atoms with van der Waals surface area (Å²) >= 11 is 1.58. The van der Waals surface area contributed by atoms with E-state index in [1.807, 2.05) is 14.1 Å². The molecular weight excluding hydrogens is 230 g/mol. The van der Waals surface area contributed by atoms with Crippen molar-refractivity contribution in [3.63, 3.8) is 0 Å². The lowest BCUT2D eigenvalue weighted by atomic mass is 10.2. The van der Waals surface area contributed by atoms with Gasteiger partial charge in [-0.25, -0.2) is 4.98 Å². The van der Waals surface area contributed by atoms with E-state index in [0.29, 0.717) is 6.42 Å². The Morgan fingerprint density at radius 2 is 2.00 bits per heavy atom. The van der Waals surface area contributed by atoms with E-state index < -0.39 is 0 Å². The van der Waals surface area contributed by atoms with Crippen LogP contribution in [0.15, 0.2) is 30.5 Å². The molecule has 0 spiro atoms. The fourth-order valence-electron chi connectivity index (χ4n) is 1.50. The smallest absolute Gasteiger partial charge is 0.123 e. The first-order valence-corrected chi connectivity index (χ1v) is 6.12. The SMILES string of the molecule is CN(C)c1ccc(-c2ncc(CC#N)s2)cc1. The number of nitriles is 1. The lowest BCUT2D eigenvalue weighted by molar-refractivity contribution is 1.13. The second-order valence-electron chi connectivity index (χ2n) is 3.91. The maximum atomic E-state index is 8.62. The molecule has 0 aliphatic carbocycles. The van der Waals surface area contributed by atoms with E-state index in [2.05, 4.69) is 40.2 Å². The van der Waals surface area contributed by atoms with E-state index in [1.165, 1.54) is 5.69 Å². The molecule has 0 radical (unpaired) electrons. The van der Waals surface area contributed by atoms with E-state index in [1.54, 1.807) is 17.5 Å². The van der Waals surface area contributed by atoms with Gasteiger partial charge in [0, 0.05) is 36.4 Å². The number of thiazole rings is 1. The van der Waals surface area contributed by atoms with Gasteiger partial charge in [0.2, 0.25) is 0 Å². The predicted molar refractivity (Wildman–Crippen MR) is 71.2 cm³/mol. The van der Waals surface area contributed by atoms with Gasteiger partial charge in [0.15, 0.2) is 0 Å². The number of benzene rings is 1. The van der Waals surface area contributed by atoms with Gasteiger partial charge in [-0.2, -0.15) is 5.26 Å². The molecule has 1 aromatic heterocycles. The molecule has 0 atom stereocenters. The molecule has 86 valence electrons. The van der Waals surface area contributed by atoms with E-state index >= 15 is 0 Å². The summed E-state index contributed by atoms with van der Waals surface area (Å²) in [6.45, 7) is 0. The Hall–Kier alpha value is -1.86. The van der Waals surface area contributed by atoms with Crippen LogP contribution < -0.4 is 4.90 Å². The van der Waals surface area contributed by atoms with Gasteiger partial charge in [0.1, 0.15) is 5.01 Å². The molecular formula is C13H13N3S. The first-order valence-electron chi connectivity index (χ1n) is 5.30. The Balaban J connectivity index is 2.24. The number of nitrogens with zero attached hydrogens (tertiary/aromatic N) is 3. The predicted octanol–water partition coefficient (Wildman–Crippen LogP) is 2.94. The molecule has 0 N–H and O–H groups in total. The Morgan fingerprint density at radius 3 is 2.59 bits per heavy atom. The van der Waals surface area contributed by atoms with Crippen molar-refractivity contribution in [3.05, 3.63) is 35.3 Å². The zero-order chi connectivity index (χ0) is 12.3. The second-order valence-corrected chi connectivity index (χ2v) is 5.02. The molecule has 0 unspecified atom stereocenters. The summed E-state index contributed by atoms with van der Waals surface area (Å²) in [5.74, 6) is 0. The van der Waals surface area contributed by atoms with Crippen molar-refractivity contribution in [2.24, 2.45) is 0 Å². The Morgan fingerprint density at radius 1 is 1.29 bits per heavy atom. The summed E-state index contributed by atoms with van der Waals surface area (Å²) in [6.07, 6.45) is 2.22. The standard InChI is InChI=1S/C13H13N3S/c1-16(2)11-5-3-10(4-6-11)13-15-9-12(17-13)7-8-14/h3-6,9H,7H2,1-2H3. The number of rotatable bonds is 3. The molecule has 0 bridgehead atoms. The van der Waals surface area contributed by atoms with E-state index in [9.17, 15) is 0 Å². The van der Waals surface area contributed by atoms with Crippen LogP contribution in [0, 0.1) is 11.3 Å². The molecule has 3 nitrogen and oxygen atoms in total. The number of hydrogen-bond acceptors (Lipinski definition) is 4. The highest BCUT2D eigenvalue weighted by Crippen LogP contribution is 2.26. The fourth-order valence-corrected chi connectivity index (χ4v) is 2.35. The Kier molecular flexibility index (Phi) is 3.40. The maximum absolute atomic E-state index is 8.62.